The summed E-state index contributed by atoms with van der Waals surface area (Å²) >= 11 is 3.42. The lowest BCUT2D eigenvalue weighted by molar-refractivity contribution is 0.707. The van der Waals surface area contributed by atoms with Crippen molar-refractivity contribution in [1.82, 2.24) is 24.7 Å². The highest BCUT2D eigenvalue weighted by molar-refractivity contribution is 9.10. The molecular weight excluding hydrogens is 310 g/mol. The number of nitrogens with one attached hydrogen (secondary N) is 2. The molecule has 0 saturated heterocycles. The van der Waals surface area contributed by atoms with Gasteiger partial charge in [-0.2, -0.15) is 4.98 Å². The lowest BCUT2D eigenvalue weighted by Crippen LogP contribution is -2.10. The fourth-order valence-electron chi connectivity index (χ4n) is 1.58. The summed E-state index contributed by atoms with van der Waals surface area (Å²) in [5, 5.41) is 14.3. The van der Waals surface area contributed by atoms with E-state index in [1.54, 1.807) is 12.5 Å². The van der Waals surface area contributed by atoms with Crippen LogP contribution < -0.4 is 10.6 Å². The van der Waals surface area contributed by atoms with Crippen molar-refractivity contribution in [3.8, 4) is 0 Å². The van der Waals surface area contributed by atoms with Gasteiger partial charge in [0.2, 0.25) is 5.95 Å². The number of rotatable bonds is 6. The largest absolute Gasteiger partial charge is 0.362 e. The quantitative estimate of drug-likeness (QED) is 0.844. The normalized spacial score (nSPS) is 10.5. The first-order valence-corrected chi connectivity index (χ1v) is 6.90. The van der Waals surface area contributed by atoms with E-state index in [0.29, 0.717) is 12.5 Å². The molecule has 2 aromatic rings. The number of hydrogen-bond acceptors (Lipinski definition) is 6. The van der Waals surface area contributed by atoms with Gasteiger partial charge in [0.1, 0.15) is 12.1 Å². The van der Waals surface area contributed by atoms with Gasteiger partial charge in [0, 0.05) is 19.3 Å². The first-order valence-electron chi connectivity index (χ1n) is 6.11. The summed E-state index contributed by atoms with van der Waals surface area (Å²) in [6.45, 7) is 6.25. The molecule has 2 rings (SSSR count). The Balaban J connectivity index is 2.08. The molecule has 2 N–H and O–H groups in total. The highest BCUT2D eigenvalue weighted by atomic mass is 79.9. The molecule has 0 aliphatic carbocycles. The van der Waals surface area contributed by atoms with Crippen molar-refractivity contribution >= 4 is 27.7 Å². The van der Waals surface area contributed by atoms with Crippen molar-refractivity contribution in [3.05, 3.63) is 22.8 Å². The van der Waals surface area contributed by atoms with Crippen LogP contribution in [0.4, 0.5) is 11.8 Å². The van der Waals surface area contributed by atoms with Crippen LogP contribution in [0.1, 0.15) is 19.7 Å². The van der Waals surface area contributed by atoms with E-state index in [4.69, 9.17) is 0 Å². The minimum Gasteiger partial charge on any atom is -0.362 e. The fraction of sp³-hybridized carbons (Fsp3) is 0.455. The predicted octanol–water partition coefficient (Wildman–Crippen LogP) is 1.89. The summed E-state index contributed by atoms with van der Waals surface area (Å²) in [5.41, 5.74) is 0. The number of nitrogens with zero attached hydrogens (tertiary/aromatic N) is 5. The van der Waals surface area contributed by atoms with Crippen LogP contribution in [-0.4, -0.2) is 31.3 Å². The Morgan fingerprint density at radius 2 is 2.16 bits per heavy atom. The molecule has 0 bridgehead atoms. The van der Waals surface area contributed by atoms with Gasteiger partial charge in [0.25, 0.3) is 0 Å². The van der Waals surface area contributed by atoms with Crippen molar-refractivity contribution in [2.45, 2.75) is 26.9 Å². The van der Waals surface area contributed by atoms with Gasteiger partial charge in [0.15, 0.2) is 5.82 Å². The van der Waals surface area contributed by atoms with Gasteiger partial charge < -0.3 is 15.2 Å². The van der Waals surface area contributed by atoms with E-state index >= 15 is 0 Å². The summed E-state index contributed by atoms with van der Waals surface area (Å²) in [4.78, 5) is 8.54. The number of hydrogen-bond donors (Lipinski definition) is 2. The van der Waals surface area contributed by atoms with E-state index in [2.05, 4.69) is 53.7 Å². The number of halogens is 1. The molecule has 0 aromatic carbocycles. The van der Waals surface area contributed by atoms with Crippen molar-refractivity contribution < 1.29 is 0 Å². The molecule has 0 atom stereocenters. The van der Waals surface area contributed by atoms with E-state index < -0.39 is 0 Å². The zero-order valence-corrected chi connectivity index (χ0v) is 12.5. The maximum absolute atomic E-state index is 4.38. The Morgan fingerprint density at radius 3 is 2.89 bits per heavy atom. The zero-order chi connectivity index (χ0) is 13.7. The van der Waals surface area contributed by atoms with Gasteiger partial charge in [-0.25, -0.2) is 4.98 Å². The number of aryl methyl sites for hydroxylation is 1. The van der Waals surface area contributed by atoms with Gasteiger partial charge >= 0.3 is 0 Å². The van der Waals surface area contributed by atoms with E-state index in [0.717, 1.165) is 29.2 Å². The summed E-state index contributed by atoms with van der Waals surface area (Å²) in [6, 6.07) is 0. The van der Waals surface area contributed by atoms with Gasteiger partial charge in [0.05, 0.1) is 11.0 Å². The van der Waals surface area contributed by atoms with Crippen molar-refractivity contribution in [3.63, 3.8) is 0 Å². The minimum atomic E-state index is 0.565. The molecule has 0 saturated carbocycles. The standard InChI is InChI=1S/C11H16BrN7/c1-3-13-11-15-5-8(12)10(17-11)14-6-9-18-16-7-19(9)4-2/h5,7H,3-4,6H2,1-2H3,(H2,13,14,15,17). The summed E-state index contributed by atoms with van der Waals surface area (Å²) in [6.07, 6.45) is 3.44. The predicted molar refractivity (Wildman–Crippen MR) is 76.9 cm³/mol. The molecular formula is C11H16BrN7. The molecule has 0 amide bonds. The molecule has 8 heteroatoms. The van der Waals surface area contributed by atoms with Crippen LogP contribution in [0.15, 0.2) is 17.0 Å². The Labute approximate surface area is 120 Å². The first kappa shape index (κ1) is 13.7. The average Bonchev–Trinajstić information content (AvgIpc) is 2.87. The molecule has 19 heavy (non-hydrogen) atoms. The van der Waals surface area contributed by atoms with E-state index in [1.165, 1.54) is 0 Å². The molecule has 0 aliphatic heterocycles. The van der Waals surface area contributed by atoms with Gasteiger partial charge in [-0.3, -0.25) is 0 Å². The van der Waals surface area contributed by atoms with Gasteiger partial charge in [-0.05, 0) is 29.8 Å². The molecule has 0 fully saturated rings. The average molecular weight is 326 g/mol. The second kappa shape index (κ2) is 6.46. The van der Waals surface area contributed by atoms with E-state index in [1.807, 2.05) is 11.5 Å². The molecule has 0 aliphatic rings. The summed E-state index contributed by atoms with van der Waals surface area (Å²) in [7, 11) is 0. The summed E-state index contributed by atoms with van der Waals surface area (Å²) in [5.74, 6) is 2.21. The van der Waals surface area contributed by atoms with Crippen molar-refractivity contribution in [1.29, 1.82) is 0 Å². The Kier molecular flexibility index (Phi) is 4.67. The van der Waals surface area contributed by atoms with Gasteiger partial charge in [-0.1, -0.05) is 0 Å². The fourth-order valence-corrected chi connectivity index (χ4v) is 1.91. The topological polar surface area (TPSA) is 80.5 Å². The van der Waals surface area contributed by atoms with Crippen LogP contribution in [-0.2, 0) is 13.1 Å². The third-order valence-corrected chi connectivity index (χ3v) is 3.11. The van der Waals surface area contributed by atoms with Gasteiger partial charge in [-0.15, -0.1) is 10.2 Å². The van der Waals surface area contributed by atoms with E-state index in [-0.39, 0.29) is 0 Å². The molecule has 2 aromatic heterocycles. The molecule has 7 nitrogen and oxygen atoms in total. The Bertz CT molecular complexity index is 540. The monoisotopic (exact) mass is 325 g/mol. The highest BCUT2D eigenvalue weighted by Crippen LogP contribution is 2.20. The highest BCUT2D eigenvalue weighted by Gasteiger charge is 2.07. The molecule has 0 unspecified atom stereocenters. The molecule has 2 heterocycles. The Hall–Kier alpha value is -1.70. The third kappa shape index (κ3) is 3.40. The lowest BCUT2D eigenvalue weighted by atomic mass is 10.5. The van der Waals surface area contributed by atoms with Crippen LogP contribution in [0, 0.1) is 0 Å². The minimum absolute atomic E-state index is 0.565. The third-order valence-electron chi connectivity index (χ3n) is 2.53. The smallest absolute Gasteiger partial charge is 0.224 e. The Morgan fingerprint density at radius 1 is 1.32 bits per heavy atom. The van der Waals surface area contributed by atoms with Crippen LogP contribution in [0.5, 0.6) is 0 Å². The molecule has 0 spiro atoms. The molecule has 0 radical (unpaired) electrons. The van der Waals surface area contributed by atoms with Crippen molar-refractivity contribution in [2.24, 2.45) is 0 Å². The summed E-state index contributed by atoms with van der Waals surface area (Å²) < 4.78 is 2.80. The zero-order valence-electron chi connectivity index (χ0n) is 10.9. The molecule has 102 valence electrons. The van der Waals surface area contributed by atoms with Crippen LogP contribution in [0.2, 0.25) is 0 Å². The number of anilines is 2. The first-order chi connectivity index (χ1) is 9.24. The van der Waals surface area contributed by atoms with Crippen LogP contribution in [0.25, 0.3) is 0 Å². The maximum Gasteiger partial charge on any atom is 0.224 e. The lowest BCUT2D eigenvalue weighted by Gasteiger charge is -2.09. The van der Waals surface area contributed by atoms with Crippen LogP contribution >= 0.6 is 15.9 Å². The second-order valence-electron chi connectivity index (χ2n) is 3.81. The van der Waals surface area contributed by atoms with Crippen molar-refractivity contribution in [2.75, 3.05) is 17.2 Å². The van der Waals surface area contributed by atoms with Crippen LogP contribution in [0.3, 0.4) is 0 Å². The maximum atomic E-state index is 4.38. The second-order valence-corrected chi connectivity index (χ2v) is 4.66. The number of aromatic nitrogens is 5. The SMILES string of the molecule is CCNc1ncc(Br)c(NCc2nncn2CC)n1. The van der Waals surface area contributed by atoms with E-state index in [9.17, 15) is 0 Å².